The third-order valence-corrected chi connectivity index (χ3v) is 2.77. The molecule has 2 aromatic rings. The van der Waals surface area contributed by atoms with Crippen LogP contribution in [0.4, 0.5) is 0 Å². The van der Waals surface area contributed by atoms with E-state index in [-0.39, 0.29) is 17.3 Å². The highest BCUT2D eigenvalue weighted by atomic mass is 127. The fourth-order valence-corrected chi connectivity index (χ4v) is 1.62. The third kappa shape index (κ3) is 3.31. The third-order valence-electron chi connectivity index (χ3n) is 2.22. The molecular weight excluding hydrogens is 363 g/mol. The summed E-state index contributed by atoms with van der Waals surface area (Å²) in [6, 6.07) is 4.58. The molecule has 0 aliphatic rings. The molecule has 0 saturated heterocycles. The van der Waals surface area contributed by atoms with Crippen LogP contribution in [0.15, 0.2) is 30.6 Å². The number of carbonyl (C=O) groups is 1. The Labute approximate surface area is 122 Å². The van der Waals surface area contributed by atoms with Crippen molar-refractivity contribution in [1.82, 2.24) is 9.97 Å². The quantitative estimate of drug-likeness (QED) is 0.831. The molecule has 7 heteroatoms. The Balaban J connectivity index is 2.33. The number of ether oxygens (including phenoxy) is 2. The normalized spacial score (nSPS) is 10.0. The molecule has 0 aliphatic carbocycles. The number of halogens is 1. The van der Waals surface area contributed by atoms with Gasteiger partial charge in [-0.25, -0.2) is 14.8 Å². The SMILES string of the molecule is COc1ccc(Oc2ncc(I)cn2)c(C(=O)O)c1. The summed E-state index contributed by atoms with van der Waals surface area (Å²) in [5.41, 5.74) is -0.0125. The van der Waals surface area contributed by atoms with Gasteiger partial charge >= 0.3 is 12.0 Å². The standard InChI is InChI=1S/C12H9IN2O4/c1-18-8-2-3-10(9(4-8)11(16)17)19-12-14-5-7(13)6-15-12/h2-6H,1H3,(H,16,17). The second kappa shape index (κ2) is 5.83. The van der Waals surface area contributed by atoms with Gasteiger partial charge in [-0.3, -0.25) is 0 Å². The minimum absolute atomic E-state index is 0.0125. The van der Waals surface area contributed by atoms with Crippen molar-refractivity contribution in [3.8, 4) is 17.5 Å². The van der Waals surface area contributed by atoms with Crippen molar-refractivity contribution in [3.05, 3.63) is 39.7 Å². The Bertz CT molecular complexity index is 601. The van der Waals surface area contributed by atoms with Gasteiger partial charge in [0.15, 0.2) is 0 Å². The Morgan fingerprint density at radius 3 is 2.58 bits per heavy atom. The van der Waals surface area contributed by atoms with E-state index in [1.54, 1.807) is 18.5 Å². The van der Waals surface area contributed by atoms with E-state index in [2.05, 4.69) is 32.6 Å². The zero-order chi connectivity index (χ0) is 13.8. The molecule has 19 heavy (non-hydrogen) atoms. The molecule has 1 heterocycles. The summed E-state index contributed by atoms with van der Waals surface area (Å²) in [7, 11) is 1.46. The van der Waals surface area contributed by atoms with Gasteiger partial charge in [0, 0.05) is 16.0 Å². The molecule has 1 aromatic heterocycles. The van der Waals surface area contributed by atoms with E-state index < -0.39 is 5.97 Å². The Morgan fingerprint density at radius 1 is 1.32 bits per heavy atom. The molecule has 1 aromatic carbocycles. The molecular formula is C12H9IN2O4. The number of nitrogens with zero attached hydrogens (tertiary/aromatic N) is 2. The van der Waals surface area contributed by atoms with Crippen LogP contribution in [0.5, 0.6) is 17.5 Å². The summed E-state index contributed by atoms with van der Waals surface area (Å²) in [6.45, 7) is 0. The fourth-order valence-electron chi connectivity index (χ4n) is 1.34. The number of rotatable bonds is 4. The summed E-state index contributed by atoms with van der Waals surface area (Å²) < 4.78 is 11.2. The number of hydrogen-bond acceptors (Lipinski definition) is 5. The topological polar surface area (TPSA) is 81.5 Å². The first-order chi connectivity index (χ1) is 9.10. The molecule has 98 valence electrons. The molecule has 1 N–H and O–H groups in total. The molecule has 0 unspecified atom stereocenters. The first kappa shape index (κ1) is 13.5. The molecule has 0 amide bonds. The lowest BCUT2D eigenvalue weighted by Gasteiger charge is -2.08. The lowest BCUT2D eigenvalue weighted by molar-refractivity contribution is 0.0693. The molecule has 0 saturated carbocycles. The second-order valence-electron chi connectivity index (χ2n) is 3.45. The molecule has 0 aliphatic heterocycles. The Hall–Kier alpha value is -1.90. The summed E-state index contributed by atoms with van der Waals surface area (Å²) in [6.07, 6.45) is 3.15. The van der Waals surface area contributed by atoms with Crippen molar-refractivity contribution in [3.63, 3.8) is 0 Å². The van der Waals surface area contributed by atoms with Crippen LogP contribution in [0.25, 0.3) is 0 Å². The predicted molar refractivity (Wildman–Crippen MR) is 74.8 cm³/mol. The zero-order valence-corrected chi connectivity index (χ0v) is 12.0. The average Bonchev–Trinajstić information content (AvgIpc) is 2.41. The van der Waals surface area contributed by atoms with E-state index in [0.717, 1.165) is 3.57 Å². The summed E-state index contributed by atoms with van der Waals surface area (Å²) in [5.74, 6) is -0.512. The van der Waals surface area contributed by atoms with Crippen molar-refractivity contribution in [2.45, 2.75) is 0 Å². The first-order valence-corrected chi connectivity index (χ1v) is 6.25. The molecule has 0 radical (unpaired) electrons. The summed E-state index contributed by atoms with van der Waals surface area (Å²) in [5, 5.41) is 9.13. The van der Waals surface area contributed by atoms with Crippen molar-refractivity contribution >= 4 is 28.6 Å². The van der Waals surface area contributed by atoms with Gasteiger partial charge in [0.2, 0.25) is 0 Å². The van der Waals surface area contributed by atoms with E-state index in [1.807, 2.05) is 0 Å². The van der Waals surface area contributed by atoms with E-state index in [4.69, 9.17) is 14.6 Å². The zero-order valence-electron chi connectivity index (χ0n) is 9.83. The minimum Gasteiger partial charge on any atom is -0.497 e. The summed E-state index contributed by atoms with van der Waals surface area (Å²) in [4.78, 5) is 19.1. The van der Waals surface area contributed by atoms with Crippen molar-refractivity contribution in [2.75, 3.05) is 7.11 Å². The lowest BCUT2D eigenvalue weighted by Crippen LogP contribution is -2.02. The van der Waals surface area contributed by atoms with E-state index >= 15 is 0 Å². The van der Waals surface area contributed by atoms with Crippen LogP contribution in [0.1, 0.15) is 10.4 Å². The van der Waals surface area contributed by atoms with Gasteiger partial charge in [0.1, 0.15) is 17.1 Å². The second-order valence-corrected chi connectivity index (χ2v) is 4.70. The molecule has 0 spiro atoms. The van der Waals surface area contributed by atoms with E-state index in [0.29, 0.717) is 5.75 Å². The largest absolute Gasteiger partial charge is 0.497 e. The number of benzene rings is 1. The first-order valence-electron chi connectivity index (χ1n) is 5.17. The molecule has 0 atom stereocenters. The van der Waals surface area contributed by atoms with Crippen LogP contribution in [-0.2, 0) is 0 Å². The van der Waals surface area contributed by atoms with Crippen molar-refractivity contribution in [1.29, 1.82) is 0 Å². The maximum atomic E-state index is 11.2. The fraction of sp³-hybridized carbons (Fsp3) is 0.0833. The molecule has 2 rings (SSSR count). The van der Waals surface area contributed by atoms with Gasteiger partial charge < -0.3 is 14.6 Å². The van der Waals surface area contributed by atoms with Gasteiger partial charge in [0.05, 0.1) is 7.11 Å². The monoisotopic (exact) mass is 372 g/mol. The van der Waals surface area contributed by atoms with Gasteiger partial charge in [-0.2, -0.15) is 0 Å². The van der Waals surface area contributed by atoms with Gasteiger partial charge in [-0.05, 0) is 40.8 Å². The van der Waals surface area contributed by atoms with Crippen LogP contribution in [-0.4, -0.2) is 28.2 Å². The highest BCUT2D eigenvalue weighted by Gasteiger charge is 2.14. The van der Waals surface area contributed by atoms with Crippen LogP contribution in [0.2, 0.25) is 0 Å². The Kier molecular flexibility index (Phi) is 4.15. The highest BCUT2D eigenvalue weighted by molar-refractivity contribution is 14.1. The average molecular weight is 372 g/mol. The lowest BCUT2D eigenvalue weighted by atomic mass is 10.2. The van der Waals surface area contributed by atoms with Gasteiger partial charge in [-0.15, -0.1) is 0 Å². The van der Waals surface area contributed by atoms with Crippen LogP contribution < -0.4 is 9.47 Å². The number of hydrogen-bond donors (Lipinski definition) is 1. The van der Waals surface area contributed by atoms with Crippen LogP contribution in [0, 0.1) is 3.57 Å². The maximum absolute atomic E-state index is 11.2. The molecule has 0 bridgehead atoms. The number of methoxy groups -OCH3 is 1. The maximum Gasteiger partial charge on any atom is 0.339 e. The number of carboxylic acids is 1. The van der Waals surface area contributed by atoms with Gasteiger partial charge in [0.25, 0.3) is 0 Å². The van der Waals surface area contributed by atoms with E-state index in [1.165, 1.54) is 19.2 Å². The minimum atomic E-state index is -1.11. The number of carboxylic acid groups (broad SMARTS) is 1. The predicted octanol–water partition coefficient (Wildman–Crippen LogP) is 2.58. The van der Waals surface area contributed by atoms with Crippen molar-refractivity contribution in [2.24, 2.45) is 0 Å². The molecule has 0 fully saturated rings. The highest BCUT2D eigenvalue weighted by Crippen LogP contribution is 2.27. The van der Waals surface area contributed by atoms with Crippen molar-refractivity contribution < 1.29 is 19.4 Å². The summed E-state index contributed by atoms with van der Waals surface area (Å²) >= 11 is 2.06. The number of aromatic carboxylic acids is 1. The van der Waals surface area contributed by atoms with Crippen LogP contribution >= 0.6 is 22.6 Å². The molecule has 6 nitrogen and oxygen atoms in total. The van der Waals surface area contributed by atoms with E-state index in [9.17, 15) is 4.79 Å². The van der Waals surface area contributed by atoms with Crippen LogP contribution in [0.3, 0.4) is 0 Å². The smallest absolute Gasteiger partial charge is 0.339 e. The van der Waals surface area contributed by atoms with Gasteiger partial charge in [-0.1, -0.05) is 0 Å². The number of aromatic nitrogens is 2. The Morgan fingerprint density at radius 2 is 2.00 bits per heavy atom.